The van der Waals surface area contributed by atoms with Gasteiger partial charge in [-0.1, -0.05) is 41.9 Å². The van der Waals surface area contributed by atoms with Gasteiger partial charge in [0.25, 0.3) is 5.91 Å². The number of nitrogens with one attached hydrogen (secondary N) is 1. The van der Waals surface area contributed by atoms with Crippen LogP contribution in [0.2, 0.25) is 5.02 Å². The Hall–Kier alpha value is -2.93. The quantitative estimate of drug-likeness (QED) is 0.438. The van der Waals surface area contributed by atoms with E-state index in [9.17, 15) is 9.59 Å². The van der Waals surface area contributed by atoms with Crippen LogP contribution >= 0.6 is 11.6 Å². The Kier molecular flexibility index (Phi) is 7.11. The van der Waals surface area contributed by atoms with Crippen molar-refractivity contribution in [2.24, 2.45) is 10.7 Å². The Morgan fingerprint density at radius 1 is 1.31 bits per heavy atom. The maximum absolute atomic E-state index is 12.3. The Labute approximate surface area is 156 Å². The molecule has 0 fully saturated rings. The number of aliphatic imine (C=N–C) groups is 1. The molecule has 0 aliphatic carbocycles. The van der Waals surface area contributed by atoms with E-state index < -0.39 is 11.9 Å². The lowest BCUT2D eigenvalue weighted by atomic mass is 10.1. The third-order valence-electron chi connectivity index (χ3n) is 3.56. The maximum atomic E-state index is 12.3. The molecule has 1 aromatic heterocycles. The second kappa shape index (κ2) is 9.53. The summed E-state index contributed by atoms with van der Waals surface area (Å²) in [6.45, 7) is -0.285. The minimum Gasteiger partial charge on any atom is -0.468 e. The lowest BCUT2D eigenvalue weighted by Crippen LogP contribution is -2.30. The van der Waals surface area contributed by atoms with Gasteiger partial charge in [-0.15, -0.1) is 0 Å². The molecule has 0 radical (unpaired) electrons. The van der Waals surface area contributed by atoms with Crippen LogP contribution in [-0.2, 0) is 22.4 Å². The number of methoxy groups -OCH3 is 1. The Morgan fingerprint density at radius 2 is 2.04 bits per heavy atom. The first-order valence-electron chi connectivity index (χ1n) is 7.87. The second-order valence-corrected chi connectivity index (χ2v) is 5.72. The molecule has 0 saturated heterocycles. The monoisotopic (exact) mass is 374 g/mol. The van der Waals surface area contributed by atoms with Gasteiger partial charge in [0, 0.05) is 5.69 Å². The van der Waals surface area contributed by atoms with E-state index in [1.165, 1.54) is 7.11 Å². The summed E-state index contributed by atoms with van der Waals surface area (Å²) in [5, 5.41) is 2.60. The van der Waals surface area contributed by atoms with Gasteiger partial charge in [0.2, 0.25) is 0 Å². The number of rotatable bonds is 7. The van der Waals surface area contributed by atoms with E-state index in [0.29, 0.717) is 12.1 Å². The van der Waals surface area contributed by atoms with Crippen molar-refractivity contribution in [2.45, 2.75) is 12.8 Å². The van der Waals surface area contributed by atoms with Crippen LogP contribution in [0.4, 0.5) is 5.82 Å². The SMILES string of the molecule is COC(=O)CNC(=O)c1c(Cl)cc(CCc2ccccc2)nc1N=CN. The number of aryl methyl sites for hydroxylation is 2. The predicted molar refractivity (Wildman–Crippen MR) is 99.8 cm³/mol. The Balaban J connectivity index is 2.21. The summed E-state index contributed by atoms with van der Waals surface area (Å²) >= 11 is 6.26. The average molecular weight is 375 g/mol. The van der Waals surface area contributed by atoms with Crippen LogP contribution in [0.15, 0.2) is 41.4 Å². The van der Waals surface area contributed by atoms with Gasteiger partial charge in [0.15, 0.2) is 5.82 Å². The molecule has 26 heavy (non-hydrogen) atoms. The molecule has 0 unspecified atom stereocenters. The van der Waals surface area contributed by atoms with Crippen molar-refractivity contribution in [2.75, 3.05) is 13.7 Å². The minimum atomic E-state index is -0.580. The van der Waals surface area contributed by atoms with Gasteiger partial charge in [-0.3, -0.25) is 9.59 Å². The summed E-state index contributed by atoms with van der Waals surface area (Å²) in [6, 6.07) is 11.6. The number of nitrogens with two attached hydrogens (primary N) is 1. The molecular formula is C18H19ClN4O3. The van der Waals surface area contributed by atoms with Crippen LogP contribution in [0.1, 0.15) is 21.6 Å². The van der Waals surface area contributed by atoms with E-state index in [1.54, 1.807) is 6.07 Å². The summed E-state index contributed by atoms with van der Waals surface area (Å²) in [5.41, 5.74) is 7.26. The number of hydrogen-bond acceptors (Lipinski definition) is 5. The summed E-state index contributed by atoms with van der Waals surface area (Å²) in [4.78, 5) is 31.8. The molecule has 1 aromatic carbocycles. The normalized spacial score (nSPS) is 10.7. The van der Waals surface area contributed by atoms with E-state index in [4.69, 9.17) is 17.3 Å². The zero-order valence-corrected chi connectivity index (χ0v) is 15.0. The molecule has 3 N–H and O–H groups in total. The minimum absolute atomic E-state index is 0.0562. The van der Waals surface area contributed by atoms with Gasteiger partial charge in [-0.2, -0.15) is 0 Å². The van der Waals surface area contributed by atoms with Gasteiger partial charge in [-0.05, 0) is 24.5 Å². The summed E-state index contributed by atoms with van der Waals surface area (Å²) < 4.78 is 4.49. The number of benzene rings is 1. The first-order valence-corrected chi connectivity index (χ1v) is 8.25. The zero-order valence-electron chi connectivity index (χ0n) is 14.2. The molecule has 0 spiro atoms. The highest BCUT2D eigenvalue weighted by Gasteiger charge is 2.19. The molecule has 8 heteroatoms. The lowest BCUT2D eigenvalue weighted by molar-refractivity contribution is -0.139. The van der Waals surface area contributed by atoms with Gasteiger partial charge >= 0.3 is 5.97 Å². The summed E-state index contributed by atoms with van der Waals surface area (Å²) in [6.07, 6.45) is 2.43. The number of carbonyl (C=O) groups is 2. The standard InChI is InChI=1S/C18H19ClN4O3/c1-26-15(24)10-21-18(25)16-14(19)9-13(23-17(16)22-11-20)8-7-12-5-3-2-4-6-12/h2-6,9,11H,7-8,10H2,1H3,(H,21,25)(H2,20,22,23). The van der Waals surface area contributed by atoms with Crippen molar-refractivity contribution in [1.82, 2.24) is 10.3 Å². The van der Waals surface area contributed by atoms with E-state index in [0.717, 1.165) is 18.3 Å². The molecule has 0 aliphatic rings. The first kappa shape index (κ1) is 19.4. The van der Waals surface area contributed by atoms with E-state index in [2.05, 4.69) is 20.0 Å². The topological polar surface area (TPSA) is 107 Å². The largest absolute Gasteiger partial charge is 0.468 e. The number of carbonyl (C=O) groups excluding carboxylic acids is 2. The number of halogens is 1. The van der Waals surface area contributed by atoms with Crippen LogP contribution < -0.4 is 11.1 Å². The van der Waals surface area contributed by atoms with Crippen LogP contribution in [0, 0.1) is 0 Å². The van der Waals surface area contributed by atoms with E-state index in [-0.39, 0.29) is 22.9 Å². The number of hydrogen-bond donors (Lipinski definition) is 2. The fourth-order valence-electron chi connectivity index (χ4n) is 2.28. The first-order chi connectivity index (χ1) is 12.5. The third-order valence-corrected chi connectivity index (χ3v) is 3.86. The number of ether oxygens (including phenoxy) is 1. The number of esters is 1. The predicted octanol–water partition coefficient (Wildman–Crippen LogP) is 2.04. The molecule has 1 amide bonds. The third kappa shape index (κ3) is 5.29. The number of pyridine rings is 1. The maximum Gasteiger partial charge on any atom is 0.325 e. The van der Waals surface area contributed by atoms with Crippen molar-refractivity contribution in [3.05, 3.63) is 58.2 Å². The van der Waals surface area contributed by atoms with E-state index in [1.807, 2.05) is 30.3 Å². The molecule has 2 aromatic rings. The van der Waals surface area contributed by atoms with Crippen LogP contribution in [0.3, 0.4) is 0 Å². The van der Waals surface area contributed by atoms with Gasteiger partial charge in [0.05, 0.1) is 18.5 Å². The molecule has 136 valence electrons. The number of amides is 1. The molecule has 0 aliphatic heterocycles. The van der Waals surface area contributed by atoms with Crippen molar-refractivity contribution in [3.63, 3.8) is 0 Å². The molecule has 0 atom stereocenters. The Bertz CT molecular complexity index is 810. The average Bonchev–Trinajstić information content (AvgIpc) is 2.65. The van der Waals surface area contributed by atoms with Gasteiger partial charge in [0.1, 0.15) is 12.1 Å². The van der Waals surface area contributed by atoms with Gasteiger partial charge in [-0.25, -0.2) is 9.98 Å². The molecule has 7 nitrogen and oxygen atoms in total. The molecule has 0 saturated carbocycles. The molecule has 1 heterocycles. The van der Waals surface area contributed by atoms with Crippen LogP contribution in [0.25, 0.3) is 0 Å². The zero-order chi connectivity index (χ0) is 18.9. The number of aromatic nitrogens is 1. The highest BCUT2D eigenvalue weighted by atomic mass is 35.5. The summed E-state index contributed by atoms with van der Waals surface area (Å²) in [7, 11) is 1.23. The highest BCUT2D eigenvalue weighted by molar-refractivity contribution is 6.34. The fraction of sp³-hybridized carbons (Fsp3) is 0.222. The summed E-state index contributed by atoms with van der Waals surface area (Å²) in [5.74, 6) is -1.06. The van der Waals surface area contributed by atoms with Crippen molar-refractivity contribution in [1.29, 1.82) is 0 Å². The van der Waals surface area contributed by atoms with Crippen molar-refractivity contribution >= 4 is 35.6 Å². The second-order valence-electron chi connectivity index (χ2n) is 5.32. The molecule has 2 rings (SSSR count). The van der Waals surface area contributed by atoms with Crippen molar-refractivity contribution in [3.8, 4) is 0 Å². The Morgan fingerprint density at radius 3 is 2.69 bits per heavy atom. The van der Waals surface area contributed by atoms with Crippen molar-refractivity contribution < 1.29 is 14.3 Å². The fourth-order valence-corrected chi connectivity index (χ4v) is 2.58. The van der Waals surface area contributed by atoms with E-state index >= 15 is 0 Å². The van der Waals surface area contributed by atoms with Crippen LogP contribution in [-0.4, -0.2) is 36.9 Å². The lowest BCUT2D eigenvalue weighted by Gasteiger charge is -2.10. The smallest absolute Gasteiger partial charge is 0.325 e. The number of nitrogens with zero attached hydrogens (tertiary/aromatic N) is 2. The van der Waals surface area contributed by atoms with Crippen LogP contribution in [0.5, 0.6) is 0 Å². The molecular weight excluding hydrogens is 356 g/mol. The highest BCUT2D eigenvalue weighted by Crippen LogP contribution is 2.26. The molecule has 0 bridgehead atoms. The van der Waals surface area contributed by atoms with Gasteiger partial charge < -0.3 is 15.8 Å².